The fourth-order valence-corrected chi connectivity index (χ4v) is 12.4. The first kappa shape index (κ1) is 36.6. The van der Waals surface area contributed by atoms with Gasteiger partial charge in [-0.05, 0) is 104 Å². The average Bonchev–Trinajstić information content (AvgIpc) is 3.24. The number of rotatable bonds is 11. The Labute approximate surface area is 330 Å². The monoisotopic (exact) mass is 764 g/mol. The molecular weight excluding hydrogens is 723 g/mol. The van der Waals surface area contributed by atoms with Crippen LogP contribution in [0.5, 0.6) is 0 Å². The molecule has 6 nitrogen and oxygen atoms in total. The summed E-state index contributed by atoms with van der Waals surface area (Å²) in [6.07, 6.45) is 0. The molecule has 0 saturated heterocycles. The number of hydrogen-bond acceptors (Lipinski definition) is 2. The van der Waals surface area contributed by atoms with E-state index in [1.807, 2.05) is 0 Å². The number of nitrogens with one attached hydrogen (secondary N) is 4. The van der Waals surface area contributed by atoms with Crippen molar-refractivity contribution in [3.8, 4) is 11.1 Å². The van der Waals surface area contributed by atoms with Crippen LogP contribution in [0.4, 0.5) is 0 Å². The quantitative estimate of drug-likeness (QED) is 0.0476. The van der Waals surface area contributed by atoms with Gasteiger partial charge in [-0.25, -0.2) is 0 Å². The molecule has 0 fully saturated rings. The zero-order valence-corrected chi connectivity index (χ0v) is 32.6. The molecule has 56 heavy (non-hydrogen) atoms. The van der Waals surface area contributed by atoms with E-state index in [0.29, 0.717) is 13.1 Å². The van der Waals surface area contributed by atoms with Crippen LogP contribution in [0.3, 0.4) is 0 Å². The lowest BCUT2D eigenvalue weighted by atomic mass is 9.92. The summed E-state index contributed by atoms with van der Waals surface area (Å²) in [5, 5.41) is 33.8. The number of guanidine groups is 2. The number of benzene rings is 8. The van der Waals surface area contributed by atoms with Crippen molar-refractivity contribution in [3.63, 3.8) is 0 Å². The molecule has 0 unspecified atom stereocenters. The Balaban J connectivity index is 1.50. The van der Waals surface area contributed by atoms with Crippen molar-refractivity contribution in [2.45, 2.75) is 13.1 Å². The van der Waals surface area contributed by atoms with Crippen LogP contribution in [0.25, 0.3) is 32.7 Å². The fourth-order valence-electron chi connectivity index (χ4n) is 7.41. The molecule has 0 aliphatic rings. The molecular formula is C48H42N6P2. The molecule has 8 heteroatoms. The maximum absolute atomic E-state index is 7.79. The second kappa shape index (κ2) is 16.6. The summed E-state index contributed by atoms with van der Waals surface area (Å²) in [7, 11) is -2.00. The molecule has 0 atom stereocenters. The van der Waals surface area contributed by atoms with Gasteiger partial charge in [-0.1, -0.05) is 170 Å². The summed E-state index contributed by atoms with van der Waals surface area (Å²) >= 11 is 0. The minimum Gasteiger partial charge on any atom is -0.370 e. The second-order valence-corrected chi connectivity index (χ2v) is 17.9. The van der Waals surface area contributed by atoms with Gasteiger partial charge in [0.15, 0.2) is 11.9 Å². The van der Waals surface area contributed by atoms with E-state index in [4.69, 9.17) is 22.3 Å². The molecule has 0 radical (unpaired) electrons. The van der Waals surface area contributed by atoms with Gasteiger partial charge in [0, 0.05) is 13.1 Å². The van der Waals surface area contributed by atoms with Crippen molar-refractivity contribution in [2.75, 3.05) is 0 Å². The molecule has 274 valence electrons. The van der Waals surface area contributed by atoms with Crippen LogP contribution in [0.1, 0.15) is 11.1 Å². The number of fused-ring (bicyclic) bond motifs is 2. The maximum atomic E-state index is 7.79. The molecule has 8 aromatic carbocycles. The van der Waals surface area contributed by atoms with Crippen LogP contribution in [-0.2, 0) is 13.1 Å². The molecule has 8 aromatic rings. The van der Waals surface area contributed by atoms with Crippen LogP contribution in [0.2, 0.25) is 0 Å². The lowest BCUT2D eigenvalue weighted by molar-refractivity contribution is 0.898. The zero-order valence-electron chi connectivity index (χ0n) is 30.8. The van der Waals surface area contributed by atoms with Crippen molar-refractivity contribution >= 4 is 81.1 Å². The highest BCUT2D eigenvalue weighted by atomic mass is 31.1. The van der Waals surface area contributed by atoms with Gasteiger partial charge in [0.2, 0.25) is 0 Å². The van der Waals surface area contributed by atoms with E-state index in [-0.39, 0.29) is 11.9 Å². The van der Waals surface area contributed by atoms with E-state index in [1.54, 1.807) is 0 Å². The first-order valence-electron chi connectivity index (χ1n) is 18.5. The summed E-state index contributed by atoms with van der Waals surface area (Å²) < 4.78 is 0. The van der Waals surface area contributed by atoms with E-state index < -0.39 is 15.8 Å². The van der Waals surface area contributed by atoms with Gasteiger partial charge in [-0.15, -0.1) is 0 Å². The van der Waals surface area contributed by atoms with E-state index in [2.05, 4.69) is 193 Å². The van der Waals surface area contributed by atoms with Crippen molar-refractivity contribution in [1.29, 1.82) is 10.8 Å². The van der Waals surface area contributed by atoms with Crippen LogP contribution in [0.15, 0.2) is 182 Å². The van der Waals surface area contributed by atoms with Gasteiger partial charge in [0.05, 0.1) is 0 Å². The van der Waals surface area contributed by atoms with Gasteiger partial charge in [0.1, 0.15) is 0 Å². The van der Waals surface area contributed by atoms with Crippen LogP contribution in [-0.4, -0.2) is 11.9 Å². The molecule has 0 saturated carbocycles. The third kappa shape index (κ3) is 7.76. The molecule has 8 rings (SSSR count). The third-order valence-electron chi connectivity index (χ3n) is 9.88. The van der Waals surface area contributed by atoms with Crippen molar-refractivity contribution in [1.82, 2.24) is 10.6 Å². The van der Waals surface area contributed by atoms with Crippen molar-refractivity contribution in [2.24, 2.45) is 11.5 Å². The maximum Gasteiger partial charge on any atom is 0.185 e. The minimum atomic E-state index is -0.999. The standard InChI is InChI=1S/C48H42N6P2/c49-47(50)53-31-33-21-25-41-35(29-33)23-27-43(55(37-13-5-1-6-14-37)38-15-7-2-8-16-38)45(41)46-42-26-22-34(32-54-48(51)52)30-36(42)24-28-44(46)56(39-17-9-3-10-18-39)40-19-11-4-12-20-40/h1-30H,31-32H2,(H4,49,50,53)(H4,51,52,54). The summed E-state index contributed by atoms with van der Waals surface area (Å²) in [6, 6.07) is 66.2. The fraction of sp³-hybridized carbons (Fsp3) is 0.0417. The SMILES string of the molecule is N=C(N)NCc1ccc2c(-c3c(P(c4ccccc4)c4ccccc4)ccc4cc(CNC(=N)N)ccc34)c(P(c3ccccc3)c3ccccc3)ccc2c1. The van der Waals surface area contributed by atoms with Gasteiger partial charge < -0.3 is 22.1 Å². The Morgan fingerprint density at radius 1 is 0.411 bits per heavy atom. The van der Waals surface area contributed by atoms with Crippen molar-refractivity contribution in [3.05, 3.63) is 193 Å². The van der Waals surface area contributed by atoms with E-state index in [1.165, 1.54) is 53.7 Å². The largest absolute Gasteiger partial charge is 0.370 e. The topological polar surface area (TPSA) is 124 Å². The molecule has 8 N–H and O–H groups in total. The van der Waals surface area contributed by atoms with Crippen LogP contribution < -0.4 is 53.9 Å². The van der Waals surface area contributed by atoms with E-state index in [0.717, 1.165) is 21.9 Å². The summed E-state index contributed by atoms with van der Waals surface area (Å²) in [5.41, 5.74) is 16.0. The molecule has 0 aliphatic carbocycles. The lowest BCUT2D eigenvalue weighted by Crippen LogP contribution is -2.29. The number of nitrogens with two attached hydrogens (primary N) is 2. The Kier molecular flexibility index (Phi) is 10.9. The van der Waals surface area contributed by atoms with Gasteiger partial charge in [0.25, 0.3) is 0 Å². The van der Waals surface area contributed by atoms with Gasteiger partial charge in [-0.2, -0.15) is 0 Å². The first-order valence-corrected chi connectivity index (χ1v) is 21.2. The minimum absolute atomic E-state index is 0.0500. The predicted molar refractivity (Wildman–Crippen MR) is 242 cm³/mol. The van der Waals surface area contributed by atoms with E-state index >= 15 is 0 Å². The Hall–Kier alpha value is -6.32. The van der Waals surface area contributed by atoms with Crippen LogP contribution in [0, 0.1) is 10.8 Å². The van der Waals surface area contributed by atoms with Gasteiger partial charge >= 0.3 is 0 Å². The third-order valence-corrected chi connectivity index (χ3v) is 14.8. The van der Waals surface area contributed by atoms with Crippen LogP contribution >= 0.6 is 15.8 Å². The molecule has 0 aromatic heterocycles. The lowest BCUT2D eigenvalue weighted by Gasteiger charge is -2.28. The molecule has 0 heterocycles. The molecule has 0 bridgehead atoms. The first-order chi connectivity index (χ1) is 27.4. The normalized spacial score (nSPS) is 11.2. The predicted octanol–water partition coefficient (Wildman–Crippen LogP) is 7.14. The Morgan fingerprint density at radius 2 is 0.732 bits per heavy atom. The van der Waals surface area contributed by atoms with Gasteiger partial charge in [-0.3, -0.25) is 10.8 Å². The zero-order chi connectivity index (χ0) is 38.4. The highest BCUT2D eigenvalue weighted by molar-refractivity contribution is 7.80. The Bertz CT molecular complexity index is 2390. The highest BCUT2D eigenvalue weighted by Crippen LogP contribution is 2.46. The highest BCUT2D eigenvalue weighted by Gasteiger charge is 2.28. The molecule has 0 amide bonds. The summed E-state index contributed by atoms with van der Waals surface area (Å²) in [6.45, 7) is 0.931. The molecule has 0 spiro atoms. The number of hydrogen-bond donors (Lipinski definition) is 6. The smallest absolute Gasteiger partial charge is 0.185 e. The average molecular weight is 765 g/mol. The Morgan fingerprint density at radius 3 is 1.04 bits per heavy atom. The second-order valence-electron chi connectivity index (χ2n) is 13.6. The van der Waals surface area contributed by atoms with E-state index in [9.17, 15) is 0 Å². The summed E-state index contributed by atoms with van der Waals surface area (Å²) in [4.78, 5) is 0. The molecule has 0 aliphatic heterocycles. The summed E-state index contributed by atoms with van der Waals surface area (Å²) in [5.74, 6) is -0.100. The van der Waals surface area contributed by atoms with Crippen molar-refractivity contribution < 1.29 is 0 Å².